The van der Waals surface area contributed by atoms with E-state index in [2.05, 4.69) is 10.3 Å². The molecule has 2 aromatic rings. The first-order valence-corrected chi connectivity index (χ1v) is 11.1. The molecule has 0 spiro atoms. The summed E-state index contributed by atoms with van der Waals surface area (Å²) in [6.45, 7) is 8.00. The second-order valence-corrected chi connectivity index (χ2v) is 9.25. The van der Waals surface area contributed by atoms with Crippen LogP contribution in [0.15, 0.2) is 30.5 Å². The molecule has 33 heavy (non-hydrogen) atoms. The number of nitrogens with zero attached hydrogens (tertiary/aromatic N) is 2. The fourth-order valence-corrected chi connectivity index (χ4v) is 3.76. The highest BCUT2D eigenvalue weighted by Crippen LogP contribution is 2.20. The van der Waals surface area contributed by atoms with Gasteiger partial charge in [-0.2, -0.15) is 0 Å². The standard InChI is InChI=1S/C24H32N4O5/c1-15(27-22(30)17-5-6-19-16(13-17)7-10-26-21(19)25)23(31)28-11-8-18(9-12-28)32-14-20(29)33-24(2,3)4/h5-7,10,13,15,18H,8-9,11-12,14H2,1-4H3,(H2,25,26)(H,27,30). The summed E-state index contributed by atoms with van der Waals surface area (Å²) in [5.41, 5.74) is 5.76. The van der Waals surface area contributed by atoms with Crippen LogP contribution in [0.1, 0.15) is 50.9 Å². The predicted octanol–water partition coefficient (Wildman–Crippen LogP) is 2.28. The number of benzene rings is 1. The average molecular weight is 457 g/mol. The van der Waals surface area contributed by atoms with E-state index in [0.29, 0.717) is 37.3 Å². The molecule has 2 heterocycles. The van der Waals surface area contributed by atoms with Gasteiger partial charge in [-0.25, -0.2) is 9.78 Å². The minimum absolute atomic E-state index is 0.101. The number of hydrogen-bond donors (Lipinski definition) is 2. The average Bonchev–Trinajstić information content (AvgIpc) is 2.76. The monoisotopic (exact) mass is 456 g/mol. The van der Waals surface area contributed by atoms with E-state index in [4.69, 9.17) is 15.2 Å². The molecule has 178 valence electrons. The Bertz CT molecular complexity index is 1030. The van der Waals surface area contributed by atoms with Crippen LogP contribution in [0.25, 0.3) is 10.8 Å². The normalized spacial score (nSPS) is 15.8. The van der Waals surface area contributed by atoms with Crippen LogP contribution in [0.3, 0.4) is 0 Å². The molecule has 0 saturated carbocycles. The summed E-state index contributed by atoms with van der Waals surface area (Å²) in [6, 6.07) is 6.26. The molecule has 1 aromatic heterocycles. The van der Waals surface area contributed by atoms with Gasteiger partial charge in [0, 0.05) is 30.2 Å². The van der Waals surface area contributed by atoms with Crippen molar-refractivity contribution in [2.75, 3.05) is 25.4 Å². The van der Waals surface area contributed by atoms with Crippen LogP contribution in [0.4, 0.5) is 5.82 Å². The number of piperidine rings is 1. The zero-order valence-corrected chi connectivity index (χ0v) is 19.6. The van der Waals surface area contributed by atoms with Gasteiger partial charge in [0.25, 0.3) is 5.91 Å². The van der Waals surface area contributed by atoms with E-state index in [-0.39, 0.29) is 24.5 Å². The molecule has 3 rings (SSSR count). The van der Waals surface area contributed by atoms with Gasteiger partial charge in [0.2, 0.25) is 5.91 Å². The smallest absolute Gasteiger partial charge is 0.332 e. The maximum atomic E-state index is 12.8. The maximum absolute atomic E-state index is 12.8. The van der Waals surface area contributed by atoms with Gasteiger partial charge >= 0.3 is 5.97 Å². The summed E-state index contributed by atoms with van der Waals surface area (Å²) >= 11 is 0. The topological polar surface area (TPSA) is 124 Å². The van der Waals surface area contributed by atoms with E-state index >= 15 is 0 Å². The van der Waals surface area contributed by atoms with Crippen LogP contribution in [0, 0.1) is 0 Å². The van der Waals surface area contributed by atoms with Gasteiger partial charge in [0.05, 0.1) is 6.10 Å². The summed E-state index contributed by atoms with van der Waals surface area (Å²) in [5.74, 6) is -0.474. The number of nitrogen functional groups attached to an aromatic ring is 1. The van der Waals surface area contributed by atoms with E-state index in [9.17, 15) is 14.4 Å². The number of likely N-dealkylation sites (tertiary alicyclic amines) is 1. The third-order valence-corrected chi connectivity index (χ3v) is 5.39. The Morgan fingerprint density at radius 3 is 2.58 bits per heavy atom. The van der Waals surface area contributed by atoms with Crippen molar-refractivity contribution in [2.45, 2.75) is 58.3 Å². The highest BCUT2D eigenvalue weighted by atomic mass is 16.6. The van der Waals surface area contributed by atoms with Crippen LogP contribution in [0.2, 0.25) is 0 Å². The van der Waals surface area contributed by atoms with Crippen LogP contribution in [-0.4, -0.2) is 65.1 Å². The third-order valence-electron chi connectivity index (χ3n) is 5.39. The molecule has 0 bridgehead atoms. The van der Waals surface area contributed by atoms with Crippen molar-refractivity contribution in [3.05, 3.63) is 36.0 Å². The van der Waals surface area contributed by atoms with Crippen molar-refractivity contribution in [1.29, 1.82) is 0 Å². The van der Waals surface area contributed by atoms with E-state index < -0.39 is 17.6 Å². The van der Waals surface area contributed by atoms with Crippen molar-refractivity contribution >= 4 is 34.4 Å². The molecule has 0 radical (unpaired) electrons. The molecule has 1 atom stereocenters. The van der Waals surface area contributed by atoms with E-state index in [1.165, 1.54) is 0 Å². The second-order valence-electron chi connectivity index (χ2n) is 9.25. The van der Waals surface area contributed by atoms with Crippen LogP contribution < -0.4 is 11.1 Å². The van der Waals surface area contributed by atoms with Gasteiger partial charge in [-0.05, 0) is 70.2 Å². The molecule has 1 fully saturated rings. The molecular formula is C24H32N4O5. The molecule has 3 N–H and O–H groups in total. The number of pyridine rings is 1. The first-order chi connectivity index (χ1) is 15.5. The Balaban J connectivity index is 1.48. The quantitative estimate of drug-likeness (QED) is 0.639. The summed E-state index contributed by atoms with van der Waals surface area (Å²) in [6.07, 6.45) is 2.72. The van der Waals surface area contributed by atoms with Gasteiger partial charge in [-0.15, -0.1) is 0 Å². The number of aromatic nitrogens is 1. The number of esters is 1. The third kappa shape index (κ3) is 6.64. The van der Waals surface area contributed by atoms with Crippen molar-refractivity contribution in [1.82, 2.24) is 15.2 Å². The Hall–Kier alpha value is -3.20. The van der Waals surface area contributed by atoms with Gasteiger partial charge in [0.1, 0.15) is 24.1 Å². The number of hydrogen-bond acceptors (Lipinski definition) is 7. The molecule has 1 aliphatic rings. The molecule has 1 unspecified atom stereocenters. The van der Waals surface area contributed by atoms with E-state index in [1.807, 2.05) is 20.8 Å². The number of anilines is 1. The molecule has 1 saturated heterocycles. The van der Waals surface area contributed by atoms with E-state index in [0.717, 1.165) is 10.8 Å². The Morgan fingerprint density at radius 2 is 1.91 bits per heavy atom. The Labute approximate surface area is 193 Å². The first kappa shape index (κ1) is 24.4. The molecule has 1 aromatic carbocycles. The molecule has 2 amide bonds. The molecular weight excluding hydrogens is 424 g/mol. The minimum atomic E-state index is -0.671. The number of nitrogens with one attached hydrogen (secondary N) is 1. The SMILES string of the molecule is CC(NC(=O)c1ccc2c(N)nccc2c1)C(=O)N1CCC(OCC(=O)OC(C)(C)C)CC1. The van der Waals surface area contributed by atoms with Crippen molar-refractivity contribution in [3.8, 4) is 0 Å². The van der Waals surface area contributed by atoms with Crippen LogP contribution >= 0.6 is 0 Å². The number of amides is 2. The predicted molar refractivity (Wildman–Crippen MR) is 124 cm³/mol. The van der Waals surface area contributed by atoms with Gasteiger partial charge in [-0.3, -0.25) is 9.59 Å². The van der Waals surface area contributed by atoms with Crippen molar-refractivity contribution in [3.63, 3.8) is 0 Å². The van der Waals surface area contributed by atoms with E-state index in [1.54, 1.807) is 42.3 Å². The lowest BCUT2D eigenvalue weighted by Crippen LogP contribution is -2.50. The molecule has 1 aliphatic heterocycles. The number of rotatable bonds is 6. The van der Waals surface area contributed by atoms with Crippen molar-refractivity contribution < 1.29 is 23.9 Å². The summed E-state index contributed by atoms with van der Waals surface area (Å²) in [7, 11) is 0. The summed E-state index contributed by atoms with van der Waals surface area (Å²) < 4.78 is 10.9. The Morgan fingerprint density at radius 1 is 1.21 bits per heavy atom. The lowest BCUT2D eigenvalue weighted by Gasteiger charge is -2.33. The number of ether oxygens (including phenoxy) is 2. The first-order valence-electron chi connectivity index (χ1n) is 11.1. The van der Waals surface area contributed by atoms with Gasteiger partial charge in [0.15, 0.2) is 0 Å². The lowest BCUT2D eigenvalue weighted by molar-refractivity contribution is -0.163. The van der Waals surface area contributed by atoms with Crippen molar-refractivity contribution in [2.24, 2.45) is 0 Å². The molecule has 9 nitrogen and oxygen atoms in total. The highest BCUT2D eigenvalue weighted by Gasteiger charge is 2.28. The summed E-state index contributed by atoms with van der Waals surface area (Å²) in [4.78, 5) is 43.1. The van der Waals surface area contributed by atoms with Crippen LogP contribution in [0.5, 0.6) is 0 Å². The number of carbonyl (C=O) groups is 3. The lowest BCUT2D eigenvalue weighted by atomic mass is 10.1. The second kappa shape index (κ2) is 10.2. The largest absolute Gasteiger partial charge is 0.458 e. The zero-order chi connectivity index (χ0) is 24.2. The maximum Gasteiger partial charge on any atom is 0.332 e. The van der Waals surface area contributed by atoms with Gasteiger partial charge < -0.3 is 25.4 Å². The van der Waals surface area contributed by atoms with Gasteiger partial charge in [-0.1, -0.05) is 0 Å². The molecule has 0 aliphatic carbocycles. The number of nitrogens with two attached hydrogens (primary N) is 1. The van der Waals surface area contributed by atoms with Crippen LogP contribution in [-0.2, 0) is 19.1 Å². The highest BCUT2D eigenvalue weighted by molar-refractivity contribution is 6.02. The molecule has 9 heteroatoms. The fraction of sp³-hybridized carbons (Fsp3) is 0.500. The minimum Gasteiger partial charge on any atom is -0.458 e. The zero-order valence-electron chi connectivity index (χ0n) is 19.6. The number of carbonyl (C=O) groups excluding carboxylic acids is 3. The summed E-state index contributed by atoms with van der Waals surface area (Å²) in [5, 5.41) is 4.36. The fourth-order valence-electron chi connectivity index (χ4n) is 3.76. The number of fused-ring (bicyclic) bond motifs is 1. The Kier molecular flexibility index (Phi) is 7.53.